The number of aromatic nitrogens is 1. The van der Waals surface area contributed by atoms with Gasteiger partial charge in [-0.3, -0.25) is 9.78 Å². The van der Waals surface area contributed by atoms with Crippen LogP contribution in [0.5, 0.6) is 11.5 Å². The molecule has 0 atom stereocenters. The summed E-state index contributed by atoms with van der Waals surface area (Å²) in [6, 6.07) is 7.28. The first-order valence-corrected chi connectivity index (χ1v) is 7.34. The van der Waals surface area contributed by atoms with Gasteiger partial charge in [0.2, 0.25) is 5.91 Å². The first-order chi connectivity index (χ1) is 10.7. The Morgan fingerprint density at radius 2 is 2.14 bits per heavy atom. The molecule has 0 aliphatic carbocycles. The molecule has 114 valence electrons. The molecule has 1 amide bonds. The van der Waals surface area contributed by atoms with Crippen molar-refractivity contribution in [2.45, 2.75) is 13.0 Å². The summed E-state index contributed by atoms with van der Waals surface area (Å²) in [5.74, 6) is 1.05. The van der Waals surface area contributed by atoms with Crippen LogP contribution in [0.4, 0.5) is 0 Å². The molecule has 2 aromatic rings. The Bertz CT molecular complexity index is 677. The molecule has 0 saturated carbocycles. The van der Waals surface area contributed by atoms with Crippen molar-refractivity contribution in [2.75, 3.05) is 13.2 Å². The van der Waals surface area contributed by atoms with Gasteiger partial charge in [-0.05, 0) is 29.3 Å². The number of nitrogens with one attached hydrogen (secondary N) is 1. The van der Waals surface area contributed by atoms with E-state index in [-0.39, 0.29) is 12.3 Å². The number of pyridine rings is 1. The average Bonchev–Trinajstić information content (AvgIpc) is 2.54. The van der Waals surface area contributed by atoms with E-state index in [0.717, 1.165) is 11.1 Å². The van der Waals surface area contributed by atoms with Crippen molar-refractivity contribution in [3.63, 3.8) is 0 Å². The summed E-state index contributed by atoms with van der Waals surface area (Å²) in [5, 5.41) is 3.32. The van der Waals surface area contributed by atoms with Crippen LogP contribution < -0.4 is 14.8 Å². The van der Waals surface area contributed by atoms with Crippen LogP contribution in [-0.4, -0.2) is 24.1 Å². The number of carbonyl (C=O) groups is 1. The van der Waals surface area contributed by atoms with Gasteiger partial charge in [-0.2, -0.15) is 0 Å². The van der Waals surface area contributed by atoms with E-state index in [1.165, 1.54) is 0 Å². The standard InChI is InChI=1S/C16H15ClN2O3/c17-13-6-12(7-14-16(13)22-5-4-21-14)8-15(20)19-10-11-2-1-3-18-9-11/h1-3,6-7,9H,4-5,8,10H2,(H,19,20). The van der Waals surface area contributed by atoms with Crippen LogP contribution in [-0.2, 0) is 17.8 Å². The molecule has 1 aliphatic rings. The van der Waals surface area contributed by atoms with Gasteiger partial charge < -0.3 is 14.8 Å². The van der Waals surface area contributed by atoms with Crippen molar-refractivity contribution in [1.82, 2.24) is 10.3 Å². The molecule has 0 fully saturated rings. The molecule has 5 nitrogen and oxygen atoms in total. The van der Waals surface area contributed by atoms with Crippen molar-refractivity contribution in [3.05, 3.63) is 52.8 Å². The molecule has 0 unspecified atom stereocenters. The minimum absolute atomic E-state index is 0.0865. The molecule has 1 N–H and O–H groups in total. The predicted octanol–water partition coefficient (Wildman–Crippen LogP) is 2.37. The van der Waals surface area contributed by atoms with Crippen molar-refractivity contribution >= 4 is 17.5 Å². The van der Waals surface area contributed by atoms with Crippen LogP contribution in [0.25, 0.3) is 0 Å². The number of benzene rings is 1. The highest BCUT2D eigenvalue weighted by molar-refractivity contribution is 6.32. The van der Waals surface area contributed by atoms with Gasteiger partial charge in [0.05, 0.1) is 11.4 Å². The smallest absolute Gasteiger partial charge is 0.224 e. The predicted molar refractivity (Wildman–Crippen MR) is 82.2 cm³/mol. The third-order valence-electron chi connectivity index (χ3n) is 3.23. The van der Waals surface area contributed by atoms with E-state index in [1.54, 1.807) is 24.5 Å². The Morgan fingerprint density at radius 3 is 2.95 bits per heavy atom. The molecule has 0 spiro atoms. The first-order valence-electron chi connectivity index (χ1n) is 6.96. The summed E-state index contributed by atoms with van der Waals surface area (Å²) in [6.45, 7) is 1.42. The minimum Gasteiger partial charge on any atom is -0.486 e. The average molecular weight is 319 g/mol. The molecular weight excluding hydrogens is 304 g/mol. The van der Waals surface area contributed by atoms with E-state index in [0.29, 0.717) is 36.3 Å². The maximum absolute atomic E-state index is 12.0. The third-order valence-corrected chi connectivity index (χ3v) is 3.51. The Labute approximate surface area is 133 Å². The van der Waals surface area contributed by atoms with Gasteiger partial charge in [-0.15, -0.1) is 0 Å². The highest BCUT2D eigenvalue weighted by Gasteiger charge is 2.17. The van der Waals surface area contributed by atoms with Crippen LogP contribution >= 0.6 is 11.6 Å². The number of rotatable bonds is 4. The molecule has 6 heteroatoms. The second kappa shape index (κ2) is 6.66. The zero-order chi connectivity index (χ0) is 15.4. The second-order valence-corrected chi connectivity index (χ2v) is 5.32. The van der Waals surface area contributed by atoms with Gasteiger partial charge in [0.25, 0.3) is 0 Å². The van der Waals surface area contributed by atoms with Gasteiger partial charge in [-0.1, -0.05) is 17.7 Å². The fourth-order valence-electron chi connectivity index (χ4n) is 2.22. The molecule has 2 heterocycles. The number of carbonyl (C=O) groups excluding carboxylic acids is 1. The lowest BCUT2D eigenvalue weighted by atomic mass is 10.1. The Morgan fingerprint density at radius 1 is 1.27 bits per heavy atom. The summed E-state index contributed by atoms with van der Waals surface area (Å²) < 4.78 is 11.0. The molecule has 3 rings (SSSR count). The lowest BCUT2D eigenvalue weighted by Crippen LogP contribution is -2.24. The number of amides is 1. The number of hydrogen-bond acceptors (Lipinski definition) is 4. The van der Waals surface area contributed by atoms with Crippen LogP contribution in [0.15, 0.2) is 36.7 Å². The fraction of sp³-hybridized carbons (Fsp3) is 0.250. The second-order valence-electron chi connectivity index (χ2n) is 4.92. The van der Waals surface area contributed by atoms with Crippen LogP contribution in [0.3, 0.4) is 0 Å². The maximum Gasteiger partial charge on any atom is 0.224 e. The van der Waals surface area contributed by atoms with Crippen molar-refractivity contribution in [3.8, 4) is 11.5 Å². The number of fused-ring (bicyclic) bond motifs is 1. The van der Waals surface area contributed by atoms with Gasteiger partial charge in [0, 0.05) is 18.9 Å². The lowest BCUT2D eigenvalue weighted by Gasteiger charge is -2.20. The van der Waals surface area contributed by atoms with E-state index < -0.39 is 0 Å². The monoisotopic (exact) mass is 318 g/mol. The van der Waals surface area contributed by atoms with Crippen molar-refractivity contribution in [1.29, 1.82) is 0 Å². The van der Waals surface area contributed by atoms with E-state index in [2.05, 4.69) is 10.3 Å². The number of halogens is 1. The number of ether oxygens (including phenoxy) is 2. The number of nitrogens with zero attached hydrogens (tertiary/aromatic N) is 1. The summed E-state index contributed by atoms with van der Waals surface area (Å²) in [5.41, 5.74) is 1.74. The molecule has 1 aromatic heterocycles. The summed E-state index contributed by atoms with van der Waals surface area (Å²) in [6.07, 6.45) is 3.65. The van der Waals surface area contributed by atoms with Gasteiger partial charge in [0.15, 0.2) is 11.5 Å². The Kier molecular flexibility index (Phi) is 4.44. The lowest BCUT2D eigenvalue weighted by molar-refractivity contribution is -0.120. The summed E-state index contributed by atoms with van der Waals surface area (Å²) in [7, 11) is 0. The normalized spacial score (nSPS) is 12.8. The Hall–Kier alpha value is -2.27. The van der Waals surface area contributed by atoms with Gasteiger partial charge in [0.1, 0.15) is 13.2 Å². The molecule has 1 aliphatic heterocycles. The van der Waals surface area contributed by atoms with Crippen molar-refractivity contribution < 1.29 is 14.3 Å². The molecule has 0 radical (unpaired) electrons. The zero-order valence-electron chi connectivity index (χ0n) is 11.8. The number of hydrogen-bond donors (Lipinski definition) is 1. The maximum atomic E-state index is 12.0. The zero-order valence-corrected chi connectivity index (χ0v) is 12.6. The fourth-order valence-corrected chi connectivity index (χ4v) is 2.51. The minimum atomic E-state index is -0.0865. The van der Waals surface area contributed by atoms with E-state index >= 15 is 0 Å². The molecule has 22 heavy (non-hydrogen) atoms. The summed E-state index contributed by atoms with van der Waals surface area (Å²) in [4.78, 5) is 16.0. The van der Waals surface area contributed by atoms with Gasteiger partial charge >= 0.3 is 0 Å². The molecular formula is C16H15ClN2O3. The third kappa shape index (κ3) is 3.49. The molecule has 0 saturated heterocycles. The SMILES string of the molecule is O=C(Cc1cc(Cl)c2c(c1)OCCO2)NCc1cccnc1. The van der Waals surface area contributed by atoms with E-state index in [4.69, 9.17) is 21.1 Å². The topological polar surface area (TPSA) is 60.5 Å². The summed E-state index contributed by atoms with van der Waals surface area (Å²) >= 11 is 6.16. The largest absolute Gasteiger partial charge is 0.486 e. The van der Waals surface area contributed by atoms with Crippen LogP contribution in [0.1, 0.15) is 11.1 Å². The first kappa shape index (κ1) is 14.7. The van der Waals surface area contributed by atoms with Gasteiger partial charge in [-0.25, -0.2) is 0 Å². The molecule has 0 bridgehead atoms. The quantitative estimate of drug-likeness (QED) is 0.940. The molecule has 1 aromatic carbocycles. The highest BCUT2D eigenvalue weighted by Crippen LogP contribution is 2.38. The van der Waals surface area contributed by atoms with Crippen LogP contribution in [0, 0.1) is 0 Å². The van der Waals surface area contributed by atoms with Crippen molar-refractivity contribution in [2.24, 2.45) is 0 Å². The van der Waals surface area contributed by atoms with Crippen LogP contribution in [0.2, 0.25) is 5.02 Å². The van der Waals surface area contributed by atoms with E-state index in [9.17, 15) is 4.79 Å². The van der Waals surface area contributed by atoms with E-state index in [1.807, 2.05) is 12.1 Å². The Balaban J connectivity index is 1.63. The highest BCUT2D eigenvalue weighted by atomic mass is 35.5.